The topological polar surface area (TPSA) is 43.7 Å². The molecule has 1 aliphatic rings. The molecular formula is C7H15NO2. The normalized spacial score (nSPS) is 42.6. The van der Waals surface area contributed by atoms with Gasteiger partial charge < -0.3 is 15.1 Å². The first kappa shape index (κ1) is 7.98. The predicted molar refractivity (Wildman–Crippen MR) is 38.7 cm³/mol. The number of hydrogen-bond acceptors (Lipinski definition) is 3. The van der Waals surface area contributed by atoms with Gasteiger partial charge >= 0.3 is 0 Å². The molecule has 3 nitrogen and oxygen atoms in total. The molecule has 0 amide bonds. The van der Waals surface area contributed by atoms with Gasteiger partial charge in [-0.1, -0.05) is 0 Å². The van der Waals surface area contributed by atoms with Crippen molar-refractivity contribution in [2.75, 3.05) is 20.2 Å². The van der Waals surface area contributed by atoms with Crippen LogP contribution in [0.5, 0.6) is 0 Å². The number of likely N-dealkylation sites (tertiary alicyclic amines) is 1. The van der Waals surface area contributed by atoms with Crippen molar-refractivity contribution in [3.63, 3.8) is 0 Å². The molecule has 1 aliphatic heterocycles. The molecule has 2 atom stereocenters. The van der Waals surface area contributed by atoms with Gasteiger partial charge in [-0.05, 0) is 20.4 Å². The summed E-state index contributed by atoms with van der Waals surface area (Å²) < 4.78 is 0. The first-order chi connectivity index (χ1) is 4.57. The molecule has 0 aliphatic carbocycles. The molecule has 2 N–H and O–H groups in total. The van der Waals surface area contributed by atoms with E-state index in [1.165, 1.54) is 0 Å². The van der Waals surface area contributed by atoms with Crippen LogP contribution in [0.4, 0.5) is 0 Å². The average molecular weight is 145 g/mol. The van der Waals surface area contributed by atoms with E-state index in [9.17, 15) is 5.11 Å². The number of hydrogen-bond donors (Lipinski definition) is 2. The molecule has 0 saturated carbocycles. The zero-order chi connectivity index (χ0) is 7.78. The lowest BCUT2D eigenvalue weighted by molar-refractivity contribution is -0.00396. The van der Waals surface area contributed by atoms with E-state index in [4.69, 9.17) is 5.11 Å². The Kier molecular flexibility index (Phi) is 1.99. The first-order valence-electron chi connectivity index (χ1n) is 3.61. The third-order valence-corrected chi connectivity index (χ3v) is 2.27. The van der Waals surface area contributed by atoms with Crippen molar-refractivity contribution >= 4 is 0 Å². The maximum Gasteiger partial charge on any atom is 0.102 e. The second kappa shape index (κ2) is 2.49. The molecule has 1 fully saturated rings. The molecule has 0 spiro atoms. The fraction of sp³-hybridized carbons (Fsp3) is 1.00. The monoisotopic (exact) mass is 145 g/mol. The van der Waals surface area contributed by atoms with Crippen molar-refractivity contribution in [3.8, 4) is 0 Å². The Bertz CT molecular complexity index is 117. The zero-order valence-corrected chi connectivity index (χ0v) is 6.54. The third kappa shape index (κ3) is 1.31. The van der Waals surface area contributed by atoms with Crippen molar-refractivity contribution in [1.29, 1.82) is 0 Å². The van der Waals surface area contributed by atoms with E-state index in [0.29, 0.717) is 19.0 Å². The van der Waals surface area contributed by atoms with Gasteiger partial charge in [0.25, 0.3) is 0 Å². The Morgan fingerprint density at radius 2 is 2.30 bits per heavy atom. The van der Waals surface area contributed by atoms with E-state index in [2.05, 4.69) is 4.90 Å². The molecule has 0 radical (unpaired) electrons. The van der Waals surface area contributed by atoms with E-state index in [1.807, 2.05) is 14.0 Å². The molecule has 1 heterocycles. The van der Waals surface area contributed by atoms with Gasteiger partial charge in [0.1, 0.15) is 5.60 Å². The van der Waals surface area contributed by atoms with Gasteiger partial charge in [-0.25, -0.2) is 0 Å². The van der Waals surface area contributed by atoms with Gasteiger partial charge in [0, 0.05) is 12.6 Å². The van der Waals surface area contributed by atoms with Crippen LogP contribution < -0.4 is 0 Å². The molecule has 1 saturated heterocycles. The molecule has 0 aromatic carbocycles. The Balaban J connectivity index is 2.55. The lowest BCUT2D eigenvalue weighted by Crippen LogP contribution is -2.35. The fourth-order valence-corrected chi connectivity index (χ4v) is 1.50. The number of rotatable bonds is 1. The molecule has 60 valence electrons. The molecule has 10 heavy (non-hydrogen) atoms. The molecule has 0 bridgehead atoms. The Hall–Kier alpha value is -0.120. The minimum atomic E-state index is -0.839. The van der Waals surface area contributed by atoms with Crippen LogP contribution >= 0.6 is 0 Å². The summed E-state index contributed by atoms with van der Waals surface area (Å²) in [4.78, 5) is 2.05. The predicted octanol–water partition coefficient (Wildman–Crippen LogP) is -0.566. The van der Waals surface area contributed by atoms with E-state index in [1.54, 1.807) is 0 Å². The Morgan fingerprint density at radius 1 is 1.70 bits per heavy atom. The highest BCUT2D eigenvalue weighted by Crippen LogP contribution is 2.24. The van der Waals surface area contributed by atoms with Crippen molar-refractivity contribution in [2.24, 2.45) is 0 Å². The summed E-state index contributed by atoms with van der Waals surface area (Å²) >= 11 is 0. The number of aliphatic hydroxyl groups excluding tert-OH is 1. The lowest BCUT2D eigenvalue weighted by atomic mass is 10.0. The van der Waals surface area contributed by atoms with E-state index >= 15 is 0 Å². The summed E-state index contributed by atoms with van der Waals surface area (Å²) in [5.74, 6) is 0. The number of aliphatic hydroxyl groups is 2. The van der Waals surface area contributed by atoms with Gasteiger partial charge in [-0.2, -0.15) is 0 Å². The van der Waals surface area contributed by atoms with Gasteiger partial charge in [0.2, 0.25) is 0 Å². The van der Waals surface area contributed by atoms with Crippen LogP contribution in [-0.2, 0) is 0 Å². The quantitative estimate of drug-likeness (QED) is 0.519. The van der Waals surface area contributed by atoms with Gasteiger partial charge in [-0.3, -0.25) is 0 Å². The van der Waals surface area contributed by atoms with Crippen molar-refractivity contribution < 1.29 is 10.2 Å². The van der Waals surface area contributed by atoms with Crippen LogP contribution in [0, 0.1) is 0 Å². The van der Waals surface area contributed by atoms with Crippen LogP contribution in [0.25, 0.3) is 0 Å². The Morgan fingerprint density at radius 3 is 2.50 bits per heavy atom. The molecule has 0 aromatic heterocycles. The molecular weight excluding hydrogens is 130 g/mol. The molecule has 1 rings (SSSR count). The largest absolute Gasteiger partial charge is 0.393 e. The Labute approximate surface area is 61.3 Å². The van der Waals surface area contributed by atoms with Crippen LogP contribution in [0.1, 0.15) is 13.3 Å². The zero-order valence-electron chi connectivity index (χ0n) is 6.54. The highest BCUT2D eigenvalue weighted by Gasteiger charge is 2.37. The SMILES string of the molecule is CC1CC(O)(CO)CN1C. The summed E-state index contributed by atoms with van der Waals surface area (Å²) in [5, 5.41) is 18.3. The average Bonchev–Trinajstić information content (AvgIpc) is 2.10. The number of nitrogens with zero attached hydrogens (tertiary/aromatic N) is 1. The van der Waals surface area contributed by atoms with E-state index in [0.717, 1.165) is 0 Å². The van der Waals surface area contributed by atoms with Crippen LogP contribution in [0.3, 0.4) is 0 Å². The van der Waals surface area contributed by atoms with Crippen molar-refractivity contribution in [1.82, 2.24) is 4.90 Å². The highest BCUT2D eigenvalue weighted by atomic mass is 16.3. The second-order valence-corrected chi connectivity index (χ2v) is 3.35. The van der Waals surface area contributed by atoms with E-state index in [-0.39, 0.29) is 6.61 Å². The maximum atomic E-state index is 9.55. The smallest absolute Gasteiger partial charge is 0.102 e. The molecule has 3 heteroatoms. The summed E-state index contributed by atoms with van der Waals surface area (Å²) in [6.07, 6.45) is 0.681. The summed E-state index contributed by atoms with van der Waals surface area (Å²) in [6, 6.07) is 0.386. The number of likely N-dealkylation sites (N-methyl/N-ethyl adjacent to an activating group) is 1. The minimum Gasteiger partial charge on any atom is -0.393 e. The van der Waals surface area contributed by atoms with Gasteiger partial charge in [-0.15, -0.1) is 0 Å². The highest BCUT2D eigenvalue weighted by molar-refractivity contribution is 4.92. The van der Waals surface area contributed by atoms with Crippen LogP contribution in [-0.4, -0.2) is 47.0 Å². The summed E-state index contributed by atoms with van der Waals surface area (Å²) in [7, 11) is 1.96. The first-order valence-corrected chi connectivity index (χ1v) is 3.61. The summed E-state index contributed by atoms with van der Waals surface area (Å²) in [5.41, 5.74) is -0.839. The molecule has 0 aromatic rings. The summed E-state index contributed by atoms with van der Waals surface area (Å²) in [6.45, 7) is 2.51. The maximum absolute atomic E-state index is 9.55. The van der Waals surface area contributed by atoms with E-state index < -0.39 is 5.60 Å². The molecule has 2 unspecified atom stereocenters. The van der Waals surface area contributed by atoms with Crippen molar-refractivity contribution in [2.45, 2.75) is 25.0 Å². The van der Waals surface area contributed by atoms with Crippen LogP contribution in [0.15, 0.2) is 0 Å². The third-order valence-electron chi connectivity index (χ3n) is 2.27. The number of β-amino-alcohol motifs (C(OH)–C–C–N with tert-alkyl or cyclic N) is 1. The fourth-order valence-electron chi connectivity index (χ4n) is 1.50. The second-order valence-electron chi connectivity index (χ2n) is 3.35. The van der Waals surface area contributed by atoms with Gasteiger partial charge in [0.15, 0.2) is 0 Å². The van der Waals surface area contributed by atoms with Crippen LogP contribution in [0.2, 0.25) is 0 Å². The minimum absolute atomic E-state index is 0.123. The lowest BCUT2D eigenvalue weighted by Gasteiger charge is -2.18. The van der Waals surface area contributed by atoms with Gasteiger partial charge in [0.05, 0.1) is 6.61 Å². The standard InChI is InChI=1S/C7H15NO2/c1-6-3-7(10,5-9)4-8(6)2/h6,9-10H,3-5H2,1-2H3. The van der Waals surface area contributed by atoms with Crippen molar-refractivity contribution in [3.05, 3.63) is 0 Å².